The Hall–Kier alpha value is -3.31. The maximum atomic E-state index is 12.4. The van der Waals surface area contributed by atoms with E-state index in [4.69, 9.17) is 18.9 Å². The van der Waals surface area contributed by atoms with Gasteiger partial charge in [-0.2, -0.15) is 0 Å². The molecule has 1 amide bonds. The van der Waals surface area contributed by atoms with Crippen molar-refractivity contribution in [2.24, 2.45) is 0 Å². The Bertz CT molecular complexity index is 1070. The first kappa shape index (κ1) is 24.0. The van der Waals surface area contributed by atoms with Crippen LogP contribution in [0.25, 0.3) is 0 Å². The van der Waals surface area contributed by atoms with E-state index in [1.165, 1.54) is 71.8 Å². The highest BCUT2D eigenvalue weighted by atomic mass is 32.2. The van der Waals surface area contributed by atoms with E-state index >= 15 is 0 Å². The van der Waals surface area contributed by atoms with Crippen LogP contribution in [0.3, 0.4) is 0 Å². The molecule has 0 heterocycles. The monoisotopic (exact) mass is 452 g/mol. The van der Waals surface area contributed by atoms with Gasteiger partial charge in [0.1, 0.15) is 11.3 Å². The summed E-state index contributed by atoms with van der Waals surface area (Å²) >= 11 is 0. The summed E-state index contributed by atoms with van der Waals surface area (Å²) < 4.78 is 46.1. The number of benzene rings is 2. The van der Waals surface area contributed by atoms with Gasteiger partial charge in [-0.25, -0.2) is 17.5 Å². The number of esters is 1. The predicted molar refractivity (Wildman–Crippen MR) is 112 cm³/mol. The summed E-state index contributed by atoms with van der Waals surface area (Å²) in [6.07, 6.45) is 0. The third-order valence-electron chi connectivity index (χ3n) is 4.16. The minimum Gasteiger partial charge on any atom is -0.496 e. The molecule has 168 valence electrons. The lowest BCUT2D eigenvalue weighted by Crippen LogP contribution is -2.23. The minimum absolute atomic E-state index is 0.0161. The normalized spacial score (nSPS) is 11.0. The average molecular weight is 452 g/mol. The maximum absolute atomic E-state index is 12.4. The molecule has 0 aromatic heterocycles. The van der Waals surface area contributed by atoms with Gasteiger partial charge in [0, 0.05) is 31.9 Å². The molecule has 11 heteroatoms. The van der Waals surface area contributed by atoms with Crippen molar-refractivity contribution < 1.29 is 37.0 Å². The second-order valence-electron chi connectivity index (χ2n) is 6.35. The molecular formula is C20H24N2O8S. The van der Waals surface area contributed by atoms with Gasteiger partial charge in [0.2, 0.25) is 10.0 Å². The number of sulfonamides is 1. The van der Waals surface area contributed by atoms with Gasteiger partial charge in [-0.1, -0.05) is 6.07 Å². The topological polar surface area (TPSA) is 120 Å². The maximum Gasteiger partial charge on any atom is 0.342 e. The van der Waals surface area contributed by atoms with Crippen molar-refractivity contribution in [3.63, 3.8) is 0 Å². The Balaban J connectivity index is 2.10. The number of nitrogens with one attached hydrogen (secondary N) is 1. The number of ether oxygens (including phenoxy) is 4. The second-order valence-corrected chi connectivity index (χ2v) is 8.50. The Morgan fingerprint density at radius 1 is 0.935 bits per heavy atom. The molecule has 0 bridgehead atoms. The average Bonchev–Trinajstić information content (AvgIpc) is 2.76. The van der Waals surface area contributed by atoms with Crippen LogP contribution in [0.2, 0.25) is 0 Å². The van der Waals surface area contributed by atoms with Crippen molar-refractivity contribution in [3.8, 4) is 17.2 Å². The summed E-state index contributed by atoms with van der Waals surface area (Å²) in [6.45, 7) is -0.596. The number of hydrogen-bond acceptors (Lipinski definition) is 8. The summed E-state index contributed by atoms with van der Waals surface area (Å²) in [4.78, 5) is 24.7. The molecule has 0 aliphatic heterocycles. The van der Waals surface area contributed by atoms with Gasteiger partial charge in [0.15, 0.2) is 18.1 Å². The van der Waals surface area contributed by atoms with Gasteiger partial charge in [0.25, 0.3) is 5.91 Å². The van der Waals surface area contributed by atoms with Gasteiger partial charge in [-0.05, 0) is 18.2 Å². The number of nitrogens with zero attached hydrogens (tertiary/aromatic N) is 1. The van der Waals surface area contributed by atoms with Crippen molar-refractivity contribution in [3.05, 3.63) is 42.0 Å². The largest absolute Gasteiger partial charge is 0.496 e. The highest BCUT2D eigenvalue weighted by molar-refractivity contribution is 7.89. The zero-order valence-electron chi connectivity index (χ0n) is 17.8. The quantitative estimate of drug-likeness (QED) is 0.572. The molecule has 1 N–H and O–H groups in total. The lowest BCUT2D eigenvalue weighted by molar-refractivity contribution is -0.119. The minimum atomic E-state index is -3.66. The molecule has 0 aliphatic carbocycles. The van der Waals surface area contributed by atoms with Crippen molar-refractivity contribution in [1.82, 2.24) is 4.31 Å². The van der Waals surface area contributed by atoms with Gasteiger partial charge in [0.05, 0.1) is 26.2 Å². The lowest BCUT2D eigenvalue weighted by atomic mass is 10.1. The molecule has 0 atom stereocenters. The molecular weight excluding hydrogens is 428 g/mol. The fourth-order valence-corrected chi connectivity index (χ4v) is 3.49. The van der Waals surface area contributed by atoms with Crippen LogP contribution in [0.15, 0.2) is 41.3 Å². The van der Waals surface area contributed by atoms with Crippen molar-refractivity contribution in [2.45, 2.75) is 4.90 Å². The summed E-state index contributed by atoms with van der Waals surface area (Å²) in [7, 11) is 3.39. The molecule has 0 aliphatic rings. The van der Waals surface area contributed by atoms with E-state index in [1.54, 1.807) is 0 Å². The fraction of sp³-hybridized carbons (Fsp3) is 0.300. The van der Waals surface area contributed by atoms with Gasteiger partial charge >= 0.3 is 5.97 Å². The molecule has 2 aromatic carbocycles. The number of rotatable bonds is 9. The first-order valence-corrected chi connectivity index (χ1v) is 10.4. The van der Waals surface area contributed by atoms with Crippen LogP contribution in [0.1, 0.15) is 10.4 Å². The van der Waals surface area contributed by atoms with E-state index in [-0.39, 0.29) is 21.9 Å². The molecule has 31 heavy (non-hydrogen) atoms. The van der Waals surface area contributed by atoms with Crippen molar-refractivity contribution >= 4 is 27.6 Å². The molecule has 0 unspecified atom stereocenters. The third kappa shape index (κ3) is 5.64. The highest BCUT2D eigenvalue weighted by Crippen LogP contribution is 2.34. The van der Waals surface area contributed by atoms with Crippen LogP contribution in [0.4, 0.5) is 5.69 Å². The van der Waals surface area contributed by atoms with Gasteiger partial charge < -0.3 is 24.3 Å². The first-order chi connectivity index (χ1) is 14.6. The van der Waals surface area contributed by atoms with Crippen LogP contribution in [0, 0.1) is 0 Å². The summed E-state index contributed by atoms with van der Waals surface area (Å²) in [5.41, 5.74) is 0.291. The molecule has 0 spiro atoms. The fourth-order valence-electron chi connectivity index (χ4n) is 2.54. The molecule has 0 fully saturated rings. The number of anilines is 1. The highest BCUT2D eigenvalue weighted by Gasteiger charge is 2.21. The number of carbonyl (C=O) groups excluding carboxylic acids is 2. The SMILES string of the molecule is COc1cc(OC)c(C(=O)OCC(=O)Nc2cccc(S(=O)(=O)N(C)C)c2)cc1OC. The van der Waals surface area contributed by atoms with E-state index in [0.717, 1.165) is 4.31 Å². The van der Waals surface area contributed by atoms with Crippen LogP contribution in [-0.4, -0.2) is 66.6 Å². The van der Waals surface area contributed by atoms with Crippen molar-refractivity contribution in [1.29, 1.82) is 0 Å². The van der Waals surface area contributed by atoms with Gasteiger partial charge in [-0.3, -0.25) is 4.79 Å². The second kappa shape index (κ2) is 10.1. The molecule has 0 saturated heterocycles. The molecule has 0 radical (unpaired) electrons. The van der Waals surface area contributed by atoms with E-state index < -0.39 is 28.5 Å². The first-order valence-electron chi connectivity index (χ1n) is 8.93. The zero-order chi connectivity index (χ0) is 23.2. The standard InChI is InChI=1S/C20H24N2O8S/c1-22(2)31(25,26)14-8-6-7-13(9-14)21-19(23)12-30-20(24)15-10-17(28-4)18(29-5)11-16(15)27-3/h6-11H,12H2,1-5H3,(H,21,23). The Kier molecular flexibility index (Phi) is 7.83. The van der Waals surface area contributed by atoms with E-state index in [9.17, 15) is 18.0 Å². The smallest absolute Gasteiger partial charge is 0.342 e. The molecule has 2 aromatic rings. The molecule has 0 saturated carbocycles. The van der Waals surface area contributed by atoms with Crippen LogP contribution >= 0.6 is 0 Å². The molecule has 10 nitrogen and oxygen atoms in total. The van der Waals surface area contributed by atoms with E-state index in [1.807, 2.05) is 0 Å². The zero-order valence-corrected chi connectivity index (χ0v) is 18.6. The van der Waals surface area contributed by atoms with Crippen LogP contribution in [-0.2, 0) is 19.6 Å². The lowest BCUT2D eigenvalue weighted by Gasteiger charge is -2.14. The third-order valence-corrected chi connectivity index (χ3v) is 5.97. The number of hydrogen-bond donors (Lipinski definition) is 1. The van der Waals surface area contributed by atoms with Gasteiger partial charge in [-0.15, -0.1) is 0 Å². The summed E-state index contributed by atoms with van der Waals surface area (Å²) in [5, 5.41) is 2.49. The number of methoxy groups -OCH3 is 3. The van der Waals surface area contributed by atoms with Crippen molar-refractivity contribution in [2.75, 3.05) is 47.3 Å². The van der Waals surface area contributed by atoms with E-state index in [2.05, 4.69) is 5.32 Å². The number of carbonyl (C=O) groups is 2. The summed E-state index contributed by atoms with van der Waals surface area (Å²) in [6, 6.07) is 8.58. The van der Waals surface area contributed by atoms with E-state index in [0.29, 0.717) is 11.5 Å². The number of amides is 1. The Labute approximate surface area is 180 Å². The van der Waals surface area contributed by atoms with Crippen LogP contribution < -0.4 is 19.5 Å². The Morgan fingerprint density at radius 3 is 2.13 bits per heavy atom. The molecule has 2 rings (SSSR count). The summed E-state index contributed by atoms with van der Waals surface area (Å²) in [5.74, 6) is -0.617. The predicted octanol–water partition coefficient (Wildman–Crippen LogP) is 1.76. The Morgan fingerprint density at radius 2 is 1.55 bits per heavy atom. The van der Waals surface area contributed by atoms with Crippen LogP contribution in [0.5, 0.6) is 17.2 Å².